The number of aromatic hydroxyl groups is 1. The number of aryl methyl sites for hydroxylation is 1. The van der Waals surface area contributed by atoms with Crippen molar-refractivity contribution in [2.45, 2.75) is 124 Å². The zero-order valence-electron chi connectivity index (χ0n) is 29.2. The van der Waals surface area contributed by atoms with E-state index in [1.54, 1.807) is 81.4 Å². The van der Waals surface area contributed by atoms with Gasteiger partial charge in [-0.2, -0.15) is 0 Å². The first kappa shape index (κ1) is 38.6. The molecule has 1 aliphatic heterocycles. The highest BCUT2D eigenvalue weighted by atomic mass is 31.2. The van der Waals surface area contributed by atoms with Crippen LogP contribution in [0.15, 0.2) is 18.2 Å². The fraction of sp³-hybridized carbons (Fsp3) is 0.727. The molecular formula is C33H55N2O9P. The Morgan fingerprint density at radius 3 is 1.98 bits per heavy atom. The summed E-state index contributed by atoms with van der Waals surface area (Å²) in [6.45, 7) is 20.5. The number of hydrogen-bond acceptors (Lipinski definition) is 10. The molecule has 1 saturated heterocycles. The van der Waals surface area contributed by atoms with Crippen molar-refractivity contribution in [3.8, 4) is 5.75 Å². The van der Waals surface area contributed by atoms with Crippen LogP contribution in [0.5, 0.6) is 5.75 Å². The molecule has 2 rings (SSSR count). The SMILES string of the molecule is CCOP1(=O)CCN(Cc2ccc(O)cc2C)CC1(CCCCN(C(=O)OC(C)(C)C)C(=O)OC(C)(C)C)C(=O)OC(C)(C)C. The summed E-state index contributed by atoms with van der Waals surface area (Å²) in [4.78, 5) is 43.1. The number of phenolic OH excluding ortho intramolecular Hbond substituents is 1. The predicted molar refractivity (Wildman–Crippen MR) is 174 cm³/mol. The van der Waals surface area contributed by atoms with Gasteiger partial charge in [0, 0.05) is 32.3 Å². The molecule has 0 saturated carbocycles. The van der Waals surface area contributed by atoms with Crippen molar-refractivity contribution in [3.05, 3.63) is 29.3 Å². The second kappa shape index (κ2) is 14.9. The molecule has 0 radical (unpaired) electrons. The fourth-order valence-electron chi connectivity index (χ4n) is 5.18. The topological polar surface area (TPSA) is 132 Å². The van der Waals surface area contributed by atoms with E-state index in [1.165, 1.54) is 0 Å². The zero-order valence-corrected chi connectivity index (χ0v) is 30.0. The van der Waals surface area contributed by atoms with Crippen molar-refractivity contribution < 1.29 is 42.8 Å². The van der Waals surface area contributed by atoms with E-state index in [2.05, 4.69) is 4.90 Å². The largest absolute Gasteiger partial charge is 0.508 e. The second-order valence-electron chi connectivity index (χ2n) is 14.7. The van der Waals surface area contributed by atoms with Gasteiger partial charge in [0.25, 0.3) is 0 Å². The maximum absolute atomic E-state index is 14.6. The summed E-state index contributed by atoms with van der Waals surface area (Å²) in [6.07, 6.45) is -0.699. The number of imide groups is 1. The van der Waals surface area contributed by atoms with Crippen LogP contribution >= 0.6 is 7.37 Å². The quantitative estimate of drug-likeness (QED) is 0.119. The van der Waals surface area contributed by atoms with Crippen molar-refractivity contribution >= 4 is 25.5 Å². The van der Waals surface area contributed by atoms with Gasteiger partial charge in [0.1, 0.15) is 22.6 Å². The van der Waals surface area contributed by atoms with Crippen LogP contribution in [0.25, 0.3) is 0 Å². The average Bonchev–Trinajstić information content (AvgIpc) is 2.84. The highest BCUT2D eigenvalue weighted by molar-refractivity contribution is 7.62. The van der Waals surface area contributed by atoms with Crippen LogP contribution in [0.4, 0.5) is 9.59 Å². The number of amides is 2. The van der Waals surface area contributed by atoms with Gasteiger partial charge in [-0.1, -0.05) is 6.07 Å². The highest BCUT2D eigenvalue weighted by Crippen LogP contribution is 2.64. The first-order valence-corrected chi connectivity index (χ1v) is 17.5. The number of esters is 1. The van der Waals surface area contributed by atoms with Crippen LogP contribution in [0.3, 0.4) is 0 Å². The standard InChI is InChI=1S/C33H55N2O9P/c1-12-41-45(40)20-19-34(22-25-15-16-26(36)21-24(25)2)23-33(45,27(37)42-30(3,4)5)17-13-14-18-35(28(38)43-31(6,7)8)29(39)44-32(9,10)11/h15-16,21,36H,12-14,17-20,22-23H2,1-11H3. The van der Waals surface area contributed by atoms with Crippen molar-refractivity contribution in [3.63, 3.8) is 0 Å². The van der Waals surface area contributed by atoms with E-state index in [0.29, 0.717) is 25.9 Å². The van der Waals surface area contributed by atoms with Crippen molar-refractivity contribution in [2.75, 3.05) is 32.4 Å². The van der Waals surface area contributed by atoms with Gasteiger partial charge in [-0.25, -0.2) is 14.5 Å². The molecular weight excluding hydrogens is 599 g/mol. The normalized spacial score (nSPS) is 21.2. The molecule has 256 valence electrons. The lowest BCUT2D eigenvalue weighted by atomic mass is 9.98. The lowest BCUT2D eigenvalue weighted by Gasteiger charge is -2.46. The number of ether oxygens (including phenoxy) is 3. The molecule has 0 aliphatic carbocycles. The predicted octanol–water partition coefficient (Wildman–Crippen LogP) is 7.25. The van der Waals surface area contributed by atoms with Gasteiger partial charge in [0.15, 0.2) is 5.16 Å². The number of carbonyl (C=O) groups excluding carboxylic acids is 3. The summed E-state index contributed by atoms with van der Waals surface area (Å²) in [7, 11) is -3.57. The molecule has 1 heterocycles. The second-order valence-corrected chi connectivity index (χ2v) is 17.6. The number of nitrogens with zero attached hydrogens (tertiary/aromatic N) is 2. The molecule has 2 atom stereocenters. The molecule has 1 aliphatic rings. The smallest absolute Gasteiger partial charge is 0.419 e. The Morgan fingerprint density at radius 1 is 0.933 bits per heavy atom. The fourth-order valence-corrected chi connectivity index (χ4v) is 8.19. The van der Waals surface area contributed by atoms with Crippen molar-refractivity contribution in [1.82, 2.24) is 9.80 Å². The lowest BCUT2D eigenvalue weighted by molar-refractivity contribution is -0.160. The summed E-state index contributed by atoms with van der Waals surface area (Å²) in [5.74, 6) is -0.416. The molecule has 0 spiro atoms. The first-order valence-electron chi connectivity index (χ1n) is 15.7. The third-order valence-corrected chi connectivity index (χ3v) is 10.5. The summed E-state index contributed by atoms with van der Waals surface area (Å²) >= 11 is 0. The van der Waals surface area contributed by atoms with Crippen LogP contribution in [0.2, 0.25) is 0 Å². The molecule has 1 aromatic rings. The van der Waals surface area contributed by atoms with Gasteiger partial charge in [-0.15, -0.1) is 0 Å². The Morgan fingerprint density at radius 2 is 1.49 bits per heavy atom. The number of phenols is 1. The Balaban J connectivity index is 2.40. The molecule has 45 heavy (non-hydrogen) atoms. The van der Waals surface area contributed by atoms with E-state index in [0.717, 1.165) is 16.0 Å². The first-order chi connectivity index (χ1) is 20.5. The van der Waals surface area contributed by atoms with Gasteiger partial charge in [-0.05, 0) is 119 Å². The summed E-state index contributed by atoms with van der Waals surface area (Å²) in [5.41, 5.74) is -0.612. The van der Waals surface area contributed by atoms with Gasteiger partial charge >= 0.3 is 18.2 Å². The van der Waals surface area contributed by atoms with Gasteiger partial charge in [-0.3, -0.25) is 14.3 Å². The minimum absolute atomic E-state index is 0.0242. The molecule has 2 unspecified atom stereocenters. The maximum atomic E-state index is 14.6. The monoisotopic (exact) mass is 654 g/mol. The van der Waals surface area contributed by atoms with E-state index in [1.807, 2.05) is 13.0 Å². The summed E-state index contributed by atoms with van der Waals surface area (Å²) < 4.78 is 37.5. The van der Waals surface area contributed by atoms with Crippen LogP contribution in [-0.2, 0) is 34.6 Å². The van der Waals surface area contributed by atoms with Crippen molar-refractivity contribution in [2.24, 2.45) is 0 Å². The van der Waals surface area contributed by atoms with Crippen LogP contribution in [0.1, 0.15) is 99.6 Å². The van der Waals surface area contributed by atoms with Gasteiger partial charge in [0.05, 0.1) is 6.61 Å². The molecule has 1 fully saturated rings. The lowest BCUT2D eigenvalue weighted by Crippen LogP contribution is -2.56. The van der Waals surface area contributed by atoms with Crippen LogP contribution in [0, 0.1) is 6.92 Å². The number of carbonyl (C=O) groups is 3. The minimum atomic E-state index is -3.57. The summed E-state index contributed by atoms with van der Waals surface area (Å²) in [6, 6.07) is 5.16. The van der Waals surface area contributed by atoms with E-state index in [-0.39, 0.29) is 38.0 Å². The van der Waals surface area contributed by atoms with Crippen LogP contribution in [-0.4, -0.2) is 87.4 Å². The number of benzene rings is 1. The molecule has 0 bridgehead atoms. The van der Waals surface area contributed by atoms with Gasteiger partial charge < -0.3 is 23.8 Å². The maximum Gasteiger partial charge on any atom is 0.419 e. The van der Waals surface area contributed by atoms with Crippen LogP contribution < -0.4 is 0 Å². The minimum Gasteiger partial charge on any atom is -0.508 e. The Labute approximate surface area is 269 Å². The average molecular weight is 655 g/mol. The molecule has 2 amide bonds. The Kier molecular flexibility index (Phi) is 12.7. The number of unbranched alkanes of at least 4 members (excludes halogenated alkanes) is 1. The number of rotatable bonds is 10. The van der Waals surface area contributed by atoms with E-state index >= 15 is 0 Å². The summed E-state index contributed by atoms with van der Waals surface area (Å²) in [5, 5.41) is 8.41. The Bertz CT molecular complexity index is 1220. The molecule has 12 heteroatoms. The van der Waals surface area contributed by atoms with E-state index in [9.17, 15) is 24.1 Å². The molecule has 1 N–H and O–H groups in total. The Hall–Kier alpha value is -2.62. The number of hydrogen-bond donors (Lipinski definition) is 1. The van der Waals surface area contributed by atoms with Gasteiger partial charge in [0.2, 0.25) is 7.37 Å². The third kappa shape index (κ3) is 11.3. The molecule has 11 nitrogen and oxygen atoms in total. The van der Waals surface area contributed by atoms with E-state index < -0.39 is 47.5 Å². The molecule has 1 aromatic carbocycles. The van der Waals surface area contributed by atoms with Crippen molar-refractivity contribution in [1.29, 1.82) is 0 Å². The molecule has 0 aromatic heterocycles. The zero-order chi connectivity index (χ0) is 34.4. The highest BCUT2D eigenvalue weighted by Gasteiger charge is 2.59. The third-order valence-electron chi connectivity index (χ3n) is 7.13. The van der Waals surface area contributed by atoms with E-state index in [4.69, 9.17) is 18.7 Å².